The minimum Gasteiger partial charge on any atom is -0.302 e. The van der Waals surface area contributed by atoms with Crippen molar-refractivity contribution < 1.29 is 9.59 Å². The smallest absolute Gasteiger partial charge is 0.266 e. The molecule has 1 aliphatic rings. The summed E-state index contributed by atoms with van der Waals surface area (Å²) in [5.74, 6) is -0.296. The number of anilines is 1. The van der Waals surface area contributed by atoms with E-state index in [1.54, 1.807) is 29.3 Å². The third-order valence-corrected chi connectivity index (χ3v) is 7.86. The zero-order chi connectivity index (χ0) is 24.1. The molecule has 1 aromatic heterocycles. The van der Waals surface area contributed by atoms with Gasteiger partial charge in [-0.2, -0.15) is 0 Å². The molecule has 3 aromatic rings. The van der Waals surface area contributed by atoms with Crippen LogP contribution in [0.15, 0.2) is 59.6 Å². The number of aromatic nitrogens is 1. The molecule has 0 aliphatic carbocycles. The van der Waals surface area contributed by atoms with E-state index < -0.39 is 0 Å². The fourth-order valence-corrected chi connectivity index (χ4v) is 5.75. The number of nitrogens with zero attached hydrogens (tertiary/aromatic N) is 2. The van der Waals surface area contributed by atoms with Crippen LogP contribution < -0.4 is 5.32 Å². The molecule has 1 fully saturated rings. The van der Waals surface area contributed by atoms with Gasteiger partial charge in [0.1, 0.15) is 4.32 Å². The lowest BCUT2D eigenvalue weighted by Crippen LogP contribution is -2.29. The fraction of sp³-hybridized carbons (Fsp3) is 0.167. The van der Waals surface area contributed by atoms with Crippen molar-refractivity contribution in [1.29, 1.82) is 0 Å². The number of amides is 2. The molecule has 10 heteroatoms. The first-order chi connectivity index (χ1) is 16.4. The van der Waals surface area contributed by atoms with E-state index in [1.807, 2.05) is 36.4 Å². The molecule has 0 unspecified atom stereocenters. The molecule has 0 atom stereocenters. The molecule has 4 rings (SSSR count). The number of hydrogen-bond donors (Lipinski definition) is 1. The highest BCUT2D eigenvalue weighted by molar-refractivity contribution is 8.26. The number of carbonyl (C=O) groups excluding carboxylic acids is 2. The van der Waals surface area contributed by atoms with Gasteiger partial charge in [-0.1, -0.05) is 77.5 Å². The number of carbonyl (C=O) groups is 2. The van der Waals surface area contributed by atoms with Gasteiger partial charge in [-0.3, -0.25) is 14.5 Å². The van der Waals surface area contributed by atoms with Gasteiger partial charge in [-0.25, -0.2) is 4.98 Å². The van der Waals surface area contributed by atoms with Crippen LogP contribution in [0.2, 0.25) is 10.0 Å². The van der Waals surface area contributed by atoms with Crippen LogP contribution in [-0.2, 0) is 16.0 Å². The van der Waals surface area contributed by atoms with Crippen LogP contribution >= 0.6 is 58.5 Å². The van der Waals surface area contributed by atoms with Crippen LogP contribution in [0.4, 0.5) is 5.13 Å². The van der Waals surface area contributed by atoms with Crippen molar-refractivity contribution in [3.8, 4) is 0 Å². The van der Waals surface area contributed by atoms with E-state index >= 15 is 0 Å². The normalized spacial score (nSPS) is 14.8. The summed E-state index contributed by atoms with van der Waals surface area (Å²) in [4.78, 5) is 32.5. The van der Waals surface area contributed by atoms with E-state index in [0.29, 0.717) is 43.8 Å². The first kappa shape index (κ1) is 24.9. The third kappa shape index (κ3) is 6.46. The number of thioether (sulfide) groups is 1. The second kappa shape index (κ2) is 11.5. The zero-order valence-corrected chi connectivity index (χ0v) is 21.8. The highest BCUT2D eigenvalue weighted by Gasteiger charge is 2.31. The fourth-order valence-electron chi connectivity index (χ4n) is 3.26. The molecule has 174 valence electrons. The summed E-state index contributed by atoms with van der Waals surface area (Å²) in [5.41, 5.74) is 1.89. The molecule has 2 aromatic carbocycles. The maximum absolute atomic E-state index is 12.7. The van der Waals surface area contributed by atoms with Crippen molar-refractivity contribution >= 4 is 85.9 Å². The molecular formula is C24H19Cl2N3O2S3. The van der Waals surface area contributed by atoms with E-state index in [9.17, 15) is 9.59 Å². The Labute approximate surface area is 221 Å². The van der Waals surface area contributed by atoms with Crippen LogP contribution in [0, 0.1) is 0 Å². The predicted octanol–water partition coefficient (Wildman–Crippen LogP) is 6.66. The molecule has 0 saturated carbocycles. The third-order valence-electron chi connectivity index (χ3n) is 4.95. The number of rotatable bonds is 8. The number of hydrogen-bond acceptors (Lipinski definition) is 6. The predicted molar refractivity (Wildman–Crippen MR) is 146 cm³/mol. The maximum atomic E-state index is 12.7. The molecular weight excluding hydrogens is 529 g/mol. The highest BCUT2D eigenvalue weighted by Crippen LogP contribution is 2.33. The van der Waals surface area contributed by atoms with E-state index in [4.69, 9.17) is 35.4 Å². The zero-order valence-electron chi connectivity index (χ0n) is 17.8. The van der Waals surface area contributed by atoms with Gasteiger partial charge in [-0.15, -0.1) is 11.3 Å². The van der Waals surface area contributed by atoms with E-state index in [1.165, 1.54) is 23.1 Å². The molecule has 5 nitrogen and oxygen atoms in total. The number of benzene rings is 2. The number of thiazole rings is 1. The average molecular weight is 549 g/mol. The lowest BCUT2D eigenvalue weighted by molar-refractivity contribution is -0.122. The van der Waals surface area contributed by atoms with Crippen LogP contribution in [-0.4, -0.2) is 32.6 Å². The molecule has 2 amide bonds. The minimum absolute atomic E-state index is 0.144. The average Bonchev–Trinajstić information content (AvgIpc) is 3.35. The van der Waals surface area contributed by atoms with Gasteiger partial charge in [0.05, 0.1) is 4.91 Å². The Morgan fingerprint density at radius 2 is 1.91 bits per heavy atom. The Balaban J connectivity index is 1.26. The van der Waals surface area contributed by atoms with E-state index in [-0.39, 0.29) is 18.2 Å². The van der Waals surface area contributed by atoms with Gasteiger partial charge < -0.3 is 5.32 Å². The van der Waals surface area contributed by atoms with E-state index in [2.05, 4.69) is 10.3 Å². The number of halogens is 2. The Morgan fingerprint density at radius 1 is 1.15 bits per heavy atom. The SMILES string of the molecule is O=C(CCCN1C(=O)/C(=C/c2ccc(Cl)cc2)SC1=S)Nc1ncc(Cc2ccccc2Cl)s1. The lowest BCUT2D eigenvalue weighted by atomic mass is 10.1. The molecule has 1 N–H and O–H groups in total. The number of thiocarbonyl (C=S) groups is 1. The molecule has 1 saturated heterocycles. The van der Waals surface area contributed by atoms with Crippen molar-refractivity contribution in [3.63, 3.8) is 0 Å². The largest absolute Gasteiger partial charge is 0.302 e. The monoisotopic (exact) mass is 547 g/mol. The van der Waals surface area contributed by atoms with Crippen LogP contribution in [0.1, 0.15) is 28.8 Å². The summed E-state index contributed by atoms with van der Waals surface area (Å²) in [7, 11) is 0. The van der Waals surface area contributed by atoms with Crippen LogP contribution in [0.25, 0.3) is 6.08 Å². The standard InChI is InChI=1S/C24H19Cl2N3O2S3/c25-17-9-7-15(8-10-17)12-20-22(31)29(24(32)34-20)11-3-6-21(30)28-23-27-14-18(33-23)13-16-4-1-2-5-19(16)26/h1-2,4-5,7-10,12,14H,3,6,11,13H2,(H,27,28,30)/b20-12-. The van der Waals surface area contributed by atoms with Crippen molar-refractivity contribution in [2.75, 3.05) is 11.9 Å². The Morgan fingerprint density at radius 3 is 2.68 bits per heavy atom. The second-order valence-electron chi connectivity index (χ2n) is 7.44. The summed E-state index contributed by atoms with van der Waals surface area (Å²) in [6.45, 7) is 0.381. The Kier molecular flexibility index (Phi) is 8.39. The van der Waals surface area contributed by atoms with Crippen molar-refractivity contribution in [3.05, 3.63) is 85.7 Å². The maximum Gasteiger partial charge on any atom is 0.266 e. The van der Waals surface area contributed by atoms with Gasteiger partial charge in [0, 0.05) is 40.5 Å². The van der Waals surface area contributed by atoms with Gasteiger partial charge in [0.15, 0.2) is 5.13 Å². The molecule has 0 spiro atoms. The molecule has 0 bridgehead atoms. The molecule has 2 heterocycles. The van der Waals surface area contributed by atoms with Crippen LogP contribution in [0.3, 0.4) is 0 Å². The first-order valence-corrected chi connectivity index (χ1v) is 13.2. The summed E-state index contributed by atoms with van der Waals surface area (Å²) >= 11 is 20.2. The summed E-state index contributed by atoms with van der Waals surface area (Å²) < 4.78 is 0.495. The molecule has 34 heavy (non-hydrogen) atoms. The summed E-state index contributed by atoms with van der Waals surface area (Å²) in [6, 6.07) is 14.9. The number of nitrogens with one attached hydrogen (secondary N) is 1. The van der Waals surface area contributed by atoms with Gasteiger partial charge in [0.2, 0.25) is 5.91 Å². The van der Waals surface area contributed by atoms with Crippen LogP contribution in [0.5, 0.6) is 0 Å². The first-order valence-electron chi connectivity index (χ1n) is 10.4. The summed E-state index contributed by atoms with van der Waals surface area (Å²) in [6.07, 6.45) is 4.95. The summed E-state index contributed by atoms with van der Waals surface area (Å²) in [5, 5.41) is 4.72. The quantitative estimate of drug-likeness (QED) is 0.252. The Bertz CT molecular complexity index is 1260. The van der Waals surface area contributed by atoms with Gasteiger partial charge in [0.25, 0.3) is 5.91 Å². The minimum atomic E-state index is -0.152. The molecule has 1 aliphatic heterocycles. The van der Waals surface area contributed by atoms with Gasteiger partial charge in [-0.05, 0) is 41.8 Å². The van der Waals surface area contributed by atoms with Crippen molar-refractivity contribution in [2.45, 2.75) is 19.3 Å². The van der Waals surface area contributed by atoms with Gasteiger partial charge >= 0.3 is 0 Å². The van der Waals surface area contributed by atoms with Crippen molar-refractivity contribution in [1.82, 2.24) is 9.88 Å². The Hall–Kier alpha value is -2.23. The highest BCUT2D eigenvalue weighted by atomic mass is 35.5. The van der Waals surface area contributed by atoms with E-state index in [0.717, 1.165) is 16.0 Å². The van der Waals surface area contributed by atoms with Crippen molar-refractivity contribution in [2.24, 2.45) is 0 Å². The molecule has 0 radical (unpaired) electrons. The second-order valence-corrected chi connectivity index (χ2v) is 11.1. The topological polar surface area (TPSA) is 62.3 Å². The lowest BCUT2D eigenvalue weighted by Gasteiger charge is -2.13.